The molecule has 0 amide bonds. The molecule has 6 heterocycles. The number of nitrogens with two attached hydrogens (primary N) is 1. The lowest BCUT2D eigenvalue weighted by Gasteiger charge is -2.40. The first-order chi connectivity index (χ1) is 19.4. The van der Waals surface area contributed by atoms with Gasteiger partial charge < -0.3 is 15.0 Å². The van der Waals surface area contributed by atoms with Crippen molar-refractivity contribution in [2.24, 2.45) is 5.92 Å². The Kier molecular flexibility index (Phi) is 5.47. The summed E-state index contributed by atoms with van der Waals surface area (Å²) in [4.78, 5) is 15.9. The molecule has 0 spiro atoms. The van der Waals surface area contributed by atoms with Crippen molar-refractivity contribution in [2.45, 2.75) is 55.5 Å². The van der Waals surface area contributed by atoms with Gasteiger partial charge in [0.1, 0.15) is 29.6 Å². The Morgan fingerprint density at radius 2 is 1.95 bits per heavy atom. The van der Waals surface area contributed by atoms with Crippen LogP contribution in [0.4, 0.5) is 5.82 Å². The number of nitrogens with zero attached hydrogens (tertiary/aromatic N) is 5. The van der Waals surface area contributed by atoms with E-state index >= 15 is 0 Å². The molecule has 1 saturated carbocycles. The number of rotatable bonds is 5. The number of likely N-dealkylation sites (tertiary alicyclic amines) is 1. The summed E-state index contributed by atoms with van der Waals surface area (Å²) in [5.74, 6) is 2.27. The van der Waals surface area contributed by atoms with Gasteiger partial charge in [0.2, 0.25) is 0 Å². The Labute approximate surface area is 233 Å². The maximum absolute atomic E-state index is 12.1. The van der Waals surface area contributed by atoms with Crippen LogP contribution in [-0.4, -0.2) is 63.0 Å². The molecule has 3 aromatic heterocycles. The Bertz CT molecular complexity index is 1720. The van der Waals surface area contributed by atoms with Crippen LogP contribution in [-0.2, 0) is 16.3 Å². The first kappa shape index (κ1) is 24.3. The Morgan fingerprint density at radius 1 is 1.05 bits per heavy atom. The van der Waals surface area contributed by atoms with Crippen LogP contribution >= 0.6 is 0 Å². The molecule has 206 valence electrons. The summed E-state index contributed by atoms with van der Waals surface area (Å²) in [5, 5.41) is 0.730. The third-order valence-electron chi connectivity index (χ3n) is 9.50. The lowest BCUT2D eigenvalue weighted by molar-refractivity contribution is 0.126. The highest BCUT2D eigenvalue weighted by molar-refractivity contribution is 7.92. The number of sulfone groups is 1. The number of hydrogen-bond donors (Lipinski definition) is 1. The average Bonchev–Trinajstić information content (AvgIpc) is 3.61. The monoisotopic (exact) mass is 556 g/mol. The second kappa shape index (κ2) is 9.01. The molecule has 1 aromatic carbocycles. The van der Waals surface area contributed by atoms with E-state index in [1.54, 1.807) is 6.33 Å². The summed E-state index contributed by atoms with van der Waals surface area (Å²) in [7, 11) is -2.86. The number of benzene rings is 1. The molecule has 8 rings (SSSR count). The topological polar surface area (TPSA) is 116 Å². The molecule has 9 nitrogen and oxygen atoms in total. The summed E-state index contributed by atoms with van der Waals surface area (Å²) in [6.45, 7) is 1.69. The fraction of sp³-hybridized carbons (Fsp3) is 0.433. The smallest absolute Gasteiger partial charge is 0.156 e. The molecule has 1 unspecified atom stereocenters. The molecule has 3 fully saturated rings. The molecule has 2 N–H and O–H groups in total. The van der Waals surface area contributed by atoms with Crippen LogP contribution in [0, 0.1) is 5.92 Å². The predicted octanol–water partition coefficient (Wildman–Crippen LogP) is 3.96. The van der Waals surface area contributed by atoms with E-state index in [0.717, 1.165) is 72.3 Å². The molecule has 4 aromatic rings. The van der Waals surface area contributed by atoms with E-state index in [9.17, 15) is 8.42 Å². The number of ether oxygens (including phenoxy) is 1. The van der Waals surface area contributed by atoms with Gasteiger partial charge in [0.15, 0.2) is 9.84 Å². The van der Waals surface area contributed by atoms with Crippen LogP contribution in [0.2, 0.25) is 0 Å². The van der Waals surface area contributed by atoms with E-state index in [4.69, 9.17) is 10.5 Å². The van der Waals surface area contributed by atoms with Crippen LogP contribution in [0.5, 0.6) is 5.75 Å². The van der Waals surface area contributed by atoms with Gasteiger partial charge in [-0.1, -0.05) is 18.2 Å². The summed E-state index contributed by atoms with van der Waals surface area (Å²) in [6.07, 6.45) is 10.2. The lowest BCUT2D eigenvalue weighted by atomic mass is 9.79. The zero-order valence-electron chi connectivity index (χ0n) is 22.2. The van der Waals surface area contributed by atoms with Gasteiger partial charge >= 0.3 is 0 Å². The van der Waals surface area contributed by atoms with Crippen molar-refractivity contribution in [1.82, 2.24) is 24.4 Å². The van der Waals surface area contributed by atoms with E-state index in [0.29, 0.717) is 30.1 Å². The largest absolute Gasteiger partial charge is 0.484 e. The molecule has 2 bridgehead atoms. The normalized spacial score (nSPS) is 28.8. The summed E-state index contributed by atoms with van der Waals surface area (Å²) < 4.78 is 33.0. The molecule has 0 radical (unpaired) electrons. The van der Waals surface area contributed by atoms with E-state index < -0.39 is 9.84 Å². The second-order valence-corrected chi connectivity index (χ2v) is 14.2. The first-order valence-corrected chi connectivity index (χ1v) is 15.9. The zero-order valence-corrected chi connectivity index (χ0v) is 23.0. The van der Waals surface area contributed by atoms with Crippen molar-refractivity contribution in [2.75, 3.05) is 24.6 Å². The standard InChI is InChI=1S/C30H32N6O3S/c31-29-28-24(20-5-4-19-6-7-26(39-27(19)11-20)25-3-1-2-8-32-25)15-36(30(28)34-17-33-29)21-9-18(10-21)13-35-14-23-12-22(35)16-40(23,37)38/h1-5,8,11,15,17-18,21-23,26H,6-7,9-10,12-14,16H2,(H2,31,33,34)/t18?,21?,22-,23+,26?/m0/s1. The first-order valence-electron chi connectivity index (χ1n) is 14.2. The SMILES string of the molecule is Nc1ncnc2c1c(-c1ccc3c(c1)OC(c1ccccn1)CC3)cn2C1CC(CN2C[C@H]3C[C@H]2CS3(=O)=O)C1. The molecule has 4 aliphatic rings. The van der Waals surface area contributed by atoms with Gasteiger partial charge in [-0.25, -0.2) is 18.4 Å². The molecule has 1 aliphatic carbocycles. The summed E-state index contributed by atoms with van der Waals surface area (Å²) >= 11 is 0. The van der Waals surface area contributed by atoms with E-state index in [1.165, 1.54) is 5.56 Å². The van der Waals surface area contributed by atoms with Crippen molar-refractivity contribution < 1.29 is 13.2 Å². The van der Waals surface area contributed by atoms with Crippen LogP contribution in [0.15, 0.2) is 55.1 Å². The Hall–Kier alpha value is -3.50. The van der Waals surface area contributed by atoms with Crippen LogP contribution < -0.4 is 10.5 Å². The molecule has 3 atom stereocenters. The van der Waals surface area contributed by atoms with Crippen LogP contribution in [0.25, 0.3) is 22.2 Å². The summed E-state index contributed by atoms with van der Waals surface area (Å²) in [6, 6.07) is 12.9. The third kappa shape index (κ3) is 3.91. The third-order valence-corrected chi connectivity index (χ3v) is 11.7. The molecular formula is C30H32N6O3S. The highest BCUT2D eigenvalue weighted by Crippen LogP contribution is 2.45. The van der Waals surface area contributed by atoms with Crippen molar-refractivity contribution in [3.63, 3.8) is 0 Å². The number of aromatic nitrogens is 4. The Morgan fingerprint density at radius 3 is 2.73 bits per heavy atom. The Balaban J connectivity index is 1.05. The minimum Gasteiger partial charge on any atom is -0.484 e. The van der Waals surface area contributed by atoms with E-state index in [-0.39, 0.29) is 17.4 Å². The number of hydrogen-bond acceptors (Lipinski definition) is 8. The molecule has 10 heteroatoms. The lowest BCUT2D eigenvalue weighted by Crippen LogP contribution is -2.45. The number of fused-ring (bicyclic) bond motifs is 4. The van der Waals surface area contributed by atoms with Gasteiger partial charge in [-0.05, 0) is 67.3 Å². The molecular weight excluding hydrogens is 524 g/mol. The highest BCUT2D eigenvalue weighted by Gasteiger charge is 2.49. The van der Waals surface area contributed by atoms with Crippen molar-refractivity contribution >= 4 is 26.7 Å². The summed E-state index contributed by atoms with van der Waals surface area (Å²) in [5.41, 5.74) is 11.5. The average molecular weight is 557 g/mol. The second-order valence-electron chi connectivity index (χ2n) is 11.9. The van der Waals surface area contributed by atoms with E-state index in [2.05, 4.69) is 48.8 Å². The van der Waals surface area contributed by atoms with Crippen LogP contribution in [0.1, 0.15) is 49.1 Å². The van der Waals surface area contributed by atoms with E-state index in [1.807, 2.05) is 24.4 Å². The van der Waals surface area contributed by atoms with Crippen LogP contribution in [0.3, 0.4) is 0 Å². The van der Waals surface area contributed by atoms with Crippen molar-refractivity contribution in [1.29, 1.82) is 0 Å². The quantitative estimate of drug-likeness (QED) is 0.393. The number of anilines is 1. The number of pyridine rings is 1. The fourth-order valence-corrected chi connectivity index (χ4v) is 9.41. The maximum Gasteiger partial charge on any atom is 0.156 e. The fourth-order valence-electron chi connectivity index (χ4n) is 7.32. The maximum atomic E-state index is 12.1. The molecule has 2 saturated heterocycles. The predicted molar refractivity (Wildman–Crippen MR) is 153 cm³/mol. The minimum absolute atomic E-state index is 0.0588. The number of nitrogen functional groups attached to an aromatic ring is 1. The van der Waals surface area contributed by atoms with Gasteiger partial charge in [-0.3, -0.25) is 9.88 Å². The minimum atomic E-state index is -2.86. The number of aryl methyl sites for hydroxylation is 1. The van der Waals surface area contributed by atoms with Gasteiger partial charge in [0.05, 0.1) is 22.1 Å². The van der Waals surface area contributed by atoms with Crippen molar-refractivity contribution in [3.8, 4) is 16.9 Å². The van der Waals surface area contributed by atoms with Gasteiger partial charge in [-0.2, -0.15) is 0 Å². The van der Waals surface area contributed by atoms with Crippen molar-refractivity contribution in [3.05, 3.63) is 66.4 Å². The van der Waals surface area contributed by atoms with Gasteiger partial charge in [-0.15, -0.1) is 0 Å². The van der Waals surface area contributed by atoms with Gasteiger partial charge in [0.25, 0.3) is 0 Å². The molecule has 40 heavy (non-hydrogen) atoms. The molecule has 3 aliphatic heterocycles. The van der Waals surface area contributed by atoms with Gasteiger partial charge in [0, 0.05) is 43.1 Å². The zero-order chi connectivity index (χ0) is 27.0. The highest BCUT2D eigenvalue weighted by atomic mass is 32.2.